The van der Waals surface area contributed by atoms with Crippen molar-refractivity contribution < 1.29 is 9.53 Å². The van der Waals surface area contributed by atoms with Gasteiger partial charge in [0.2, 0.25) is 5.91 Å². The monoisotopic (exact) mass is 287 g/mol. The maximum atomic E-state index is 12.0. The van der Waals surface area contributed by atoms with Gasteiger partial charge < -0.3 is 14.6 Å². The van der Waals surface area contributed by atoms with E-state index in [0.717, 1.165) is 30.5 Å². The number of carbonyl (C=O) groups excluding carboxylic acids is 1. The van der Waals surface area contributed by atoms with Crippen LogP contribution in [0, 0.1) is 13.8 Å². The Morgan fingerprint density at radius 3 is 3.00 bits per heavy atom. The molecule has 1 N–H and O–H groups in total. The Kier molecular flexibility index (Phi) is 3.92. The third-order valence-corrected chi connectivity index (χ3v) is 4.10. The highest BCUT2D eigenvalue weighted by Gasteiger charge is 2.16. The number of benzene rings is 1. The molecule has 1 atom stereocenters. The molecule has 2 heterocycles. The third-order valence-electron chi connectivity index (χ3n) is 4.10. The summed E-state index contributed by atoms with van der Waals surface area (Å²) in [6, 6.07) is 4.15. The first-order chi connectivity index (χ1) is 10.1. The Bertz CT molecular complexity index is 657. The van der Waals surface area contributed by atoms with Gasteiger partial charge in [0, 0.05) is 13.2 Å². The fraction of sp³-hybridized carbons (Fsp3) is 0.500. The van der Waals surface area contributed by atoms with Gasteiger partial charge in [-0.1, -0.05) is 0 Å². The van der Waals surface area contributed by atoms with E-state index in [-0.39, 0.29) is 12.0 Å². The molecule has 1 aliphatic rings. The predicted octanol–water partition coefficient (Wildman–Crippen LogP) is 1.95. The Morgan fingerprint density at radius 1 is 1.43 bits per heavy atom. The second kappa shape index (κ2) is 5.85. The van der Waals surface area contributed by atoms with Crippen LogP contribution < -0.4 is 5.32 Å². The highest BCUT2D eigenvalue weighted by molar-refractivity contribution is 5.81. The summed E-state index contributed by atoms with van der Waals surface area (Å²) < 4.78 is 7.40. The lowest BCUT2D eigenvalue weighted by Gasteiger charge is -2.11. The van der Waals surface area contributed by atoms with Crippen LogP contribution in [0.15, 0.2) is 18.5 Å². The van der Waals surface area contributed by atoms with Crippen molar-refractivity contribution in [1.82, 2.24) is 14.9 Å². The van der Waals surface area contributed by atoms with E-state index in [4.69, 9.17) is 4.74 Å². The van der Waals surface area contributed by atoms with E-state index in [0.29, 0.717) is 13.1 Å². The normalized spacial score (nSPS) is 18.3. The summed E-state index contributed by atoms with van der Waals surface area (Å²) in [6.07, 6.45) is 4.03. The van der Waals surface area contributed by atoms with E-state index in [2.05, 4.69) is 36.3 Å². The molecule has 0 aliphatic carbocycles. The maximum absolute atomic E-state index is 12.0. The topological polar surface area (TPSA) is 56.2 Å². The highest BCUT2D eigenvalue weighted by atomic mass is 16.5. The molecule has 3 rings (SSSR count). The Morgan fingerprint density at radius 2 is 2.24 bits per heavy atom. The van der Waals surface area contributed by atoms with Gasteiger partial charge in [-0.2, -0.15) is 0 Å². The van der Waals surface area contributed by atoms with Gasteiger partial charge in [-0.15, -0.1) is 0 Å². The van der Waals surface area contributed by atoms with Crippen LogP contribution >= 0.6 is 0 Å². The third kappa shape index (κ3) is 3.08. The molecule has 1 aliphatic heterocycles. The number of amides is 1. The first-order valence-corrected chi connectivity index (χ1v) is 7.44. The van der Waals surface area contributed by atoms with Gasteiger partial charge in [-0.3, -0.25) is 4.79 Å². The van der Waals surface area contributed by atoms with E-state index < -0.39 is 0 Å². The zero-order valence-corrected chi connectivity index (χ0v) is 12.6. The lowest BCUT2D eigenvalue weighted by Crippen LogP contribution is -2.34. The molecule has 1 aromatic heterocycles. The van der Waals surface area contributed by atoms with Crippen molar-refractivity contribution in [3.05, 3.63) is 29.6 Å². The average Bonchev–Trinajstić information content (AvgIpc) is 3.09. The number of carbonyl (C=O) groups is 1. The minimum atomic E-state index is 0.00280. The van der Waals surface area contributed by atoms with Crippen LogP contribution in [0.1, 0.15) is 24.0 Å². The number of ether oxygens (including phenoxy) is 1. The summed E-state index contributed by atoms with van der Waals surface area (Å²) >= 11 is 0. The van der Waals surface area contributed by atoms with Crippen LogP contribution in [0.5, 0.6) is 0 Å². The van der Waals surface area contributed by atoms with Gasteiger partial charge in [0.15, 0.2) is 0 Å². The van der Waals surface area contributed by atoms with Crippen LogP contribution in [0.2, 0.25) is 0 Å². The maximum Gasteiger partial charge on any atom is 0.240 e. The number of aromatic nitrogens is 2. The largest absolute Gasteiger partial charge is 0.376 e. The molecular formula is C16H21N3O2. The van der Waals surface area contributed by atoms with Crippen molar-refractivity contribution in [2.45, 2.75) is 39.3 Å². The number of nitrogens with one attached hydrogen (secondary N) is 1. The number of fused-ring (bicyclic) bond motifs is 1. The van der Waals surface area contributed by atoms with Crippen LogP contribution in [0.3, 0.4) is 0 Å². The molecule has 21 heavy (non-hydrogen) atoms. The fourth-order valence-electron chi connectivity index (χ4n) is 2.68. The quantitative estimate of drug-likeness (QED) is 0.935. The lowest BCUT2D eigenvalue weighted by atomic mass is 10.1. The first kappa shape index (κ1) is 14.1. The summed E-state index contributed by atoms with van der Waals surface area (Å²) in [5.74, 6) is 0.00280. The zero-order chi connectivity index (χ0) is 14.8. The predicted molar refractivity (Wildman–Crippen MR) is 81.2 cm³/mol. The Hall–Kier alpha value is -1.88. The van der Waals surface area contributed by atoms with E-state index >= 15 is 0 Å². The minimum absolute atomic E-state index is 0.00280. The molecule has 1 saturated heterocycles. The average molecular weight is 287 g/mol. The smallest absolute Gasteiger partial charge is 0.240 e. The summed E-state index contributed by atoms with van der Waals surface area (Å²) in [6.45, 7) is 5.85. The molecule has 1 aromatic carbocycles. The van der Waals surface area contributed by atoms with Gasteiger partial charge in [0.25, 0.3) is 0 Å². The van der Waals surface area contributed by atoms with Crippen molar-refractivity contribution in [1.29, 1.82) is 0 Å². The summed E-state index contributed by atoms with van der Waals surface area (Å²) in [7, 11) is 0. The van der Waals surface area contributed by atoms with Gasteiger partial charge in [0.1, 0.15) is 6.54 Å². The van der Waals surface area contributed by atoms with Crippen LogP contribution in [-0.2, 0) is 16.1 Å². The second-order valence-electron chi connectivity index (χ2n) is 5.74. The Labute approximate surface area is 124 Å². The van der Waals surface area contributed by atoms with Crippen molar-refractivity contribution >= 4 is 16.9 Å². The van der Waals surface area contributed by atoms with Crippen LogP contribution in [-0.4, -0.2) is 34.7 Å². The number of hydrogen-bond donors (Lipinski definition) is 1. The lowest BCUT2D eigenvalue weighted by molar-refractivity contribution is -0.122. The first-order valence-electron chi connectivity index (χ1n) is 7.44. The zero-order valence-electron chi connectivity index (χ0n) is 12.6. The number of nitrogens with zero attached hydrogens (tertiary/aromatic N) is 2. The molecule has 0 spiro atoms. The van der Waals surface area contributed by atoms with Crippen molar-refractivity contribution in [2.75, 3.05) is 13.2 Å². The Balaban J connectivity index is 1.66. The molecule has 0 saturated carbocycles. The number of aryl methyl sites for hydroxylation is 2. The summed E-state index contributed by atoms with van der Waals surface area (Å²) in [4.78, 5) is 16.4. The van der Waals surface area contributed by atoms with Crippen LogP contribution in [0.4, 0.5) is 0 Å². The van der Waals surface area contributed by atoms with Gasteiger partial charge in [0.05, 0.1) is 23.5 Å². The van der Waals surface area contributed by atoms with E-state index in [1.165, 1.54) is 11.1 Å². The van der Waals surface area contributed by atoms with Crippen molar-refractivity contribution in [2.24, 2.45) is 0 Å². The molecule has 1 amide bonds. The standard InChI is InChI=1S/C16H21N3O2/c1-11-6-14-15(7-12(11)2)19(10-18-14)9-16(20)17-8-13-4-3-5-21-13/h6-7,10,13H,3-5,8-9H2,1-2H3,(H,17,20). The molecule has 5 nitrogen and oxygen atoms in total. The van der Waals surface area contributed by atoms with E-state index in [1.54, 1.807) is 6.33 Å². The molecule has 0 bridgehead atoms. The molecular weight excluding hydrogens is 266 g/mol. The van der Waals surface area contributed by atoms with Crippen LogP contribution in [0.25, 0.3) is 11.0 Å². The summed E-state index contributed by atoms with van der Waals surface area (Å²) in [5.41, 5.74) is 4.37. The van der Waals surface area contributed by atoms with Gasteiger partial charge in [-0.05, 0) is 49.9 Å². The fourth-order valence-corrected chi connectivity index (χ4v) is 2.68. The number of rotatable bonds is 4. The molecule has 0 radical (unpaired) electrons. The van der Waals surface area contributed by atoms with Crippen molar-refractivity contribution in [3.63, 3.8) is 0 Å². The number of hydrogen-bond acceptors (Lipinski definition) is 3. The number of imidazole rings is 1. The summed E-state index contributed by atoms with van der Waals surface area (Å²) in [5, 5.41) is 2.94. The molecule has 112 valence electrons. The van der Waals surface area contributed by atoms with Crippen molar-refractivity contribution in [3.8, 4) is 0 Å². The molecule has 2 aromatic rings. The van der Waals surface area contributed by atoms with Gasteiger partial charge in [-0.25, -0.2) is 4.98 Å². The van der Waals surface area contributed by atoms with Gasteiger partial charge >= 0.3 is 0 Å². The molecule has 5 heteroatoms. The minimum Gasteiger partial charge on any atom is -0.376 e. The highest BCUT2D eigenvalue weighted by Crippen LogP contribution is 2.18. The second-order valence-corrected chi connectivity index (χ2v) is 5.74. The van der Waals surface area contributed by atoms with E-state index in [9.17, 15) is 4.79 Å². The van der Waals surface area contributed by atoms with E-state index in [1.807, 2.05) is 4.57 Å². The molecule has 1 fully saturated rings. The molecule has 1 unspecified atom stereocenters. The SMILES string of the molecule is Cc1cc2ncn(CC(=O)NCC3CCCO3)c2cc1C.